The van der Waals surface area contributed by atoms with Gasteiger partial charge in [-0.05, 0) is 50.6 Å². The topological polar surface area (TPSA) is 40.5 Å². The summed E-state index contributed by atoms with van der Waals surface area (Å²) in [6.45, 7) is 0. The molecule has 44 heavy (non-hydrogen) atoms. The van der Waals surface area contributed by atoms with Crippen LogP contribution in [-0.2, 0) is 0 Å². The first-order chi connectivity index (χ1) is 21.7. The van der Waals surface area contributed by atoms with E-state index < -0.39 is 0 Å². The van der Waals surface area contributed by atoms with Gasteiger partial charge in [0.1, 0.15) is 11.5 Å². The lowest BCUT2D eigenvalue weighted by Crippen LogP contribution is -2.19. The Morgan fingerprint density at radius 1 is 0.455 bits per heavy atom. The monoisotopic (exact) mass is 568 g/mol. The summed E-state index contributed by atoms with van der Waals surface area (Å²) in [4.78, 5) is 0. The van der Waals surface area contributed by atoms with Crippen molar-refractivity contribution >= 4 is 11.6 Å². The van der Waals surface area contributed by atoms with Gasteiger partial charge in [0.25, 0.3) is 0 Å². The fourth-order valence-electron chi connectivity index (χ4n) is 7.95. The Kier molecular flexibility index (Phi) is 6.42. The van der Waals surface area contributed by atoms with Crippen molar-refractivity contribution in [3.63, 3.8) is 0 Å². The number of benzene rings is 6. The highest BCUT2D eigenvalue weighted by Crippen LogP contribution is 2.66. The van der Waals surface area contributed by atoms with Gasteiger partial charge in [0.2, 0.25) is 0 Å². The molecule has 2 nitrogen and oxygen atoms in total. The van der Waals surface area contributed by atoms with E-state index >= 15 is 0 Å². The molecule has 6 aromatic rings. The molecular formula is C42H32O2. The first kappa shape index (κ1) is 26.3. The predicted molar refractivity (Wildman–Crippen MR) is 178 cm³/mol. The molecule has 0 saturated heterocycles. The second kappa shape index (κ2) is 10.7. The largest absolute Gasteiger partial charge is 0.507 e. The van der Waals surface area contributed by atoms with Gasteiger partial charge in [-0.3, -0.25) is 0 Å². The van der Waals surface area contributed by atoms with Gasteiger partial charge in [0, 0.05) is 40.9 Å². The van der Waals surface area contributed by atoms with Gasteiger partial charge in [-0.25, -0.2) is 0 Å². The Morgan fingerprint density at radius 3 is 1.61 bits per heavy atom. The second-order valence-corrected chi connectivity index (χ2v) is 11.9. The Morgan fingerprint density at radius 2 is 0.977 bits per heavy atom. The summed E-state index contributed by atoms with van der Waals surface area (Å²) in [5.74, 6) is 0.0807. The minimum atomic E-state index is -0.104. The van der Waals surface area contributed by atoms with Crippen LogP contribution < -0.4 is 0 Å². The molecule has 2 N–H and O–H groups in total. The molecule has 0 saturated carbocycles. The highest BCUT2D eigenvalue weighted by molar-refractivity contribution is 5.98. The number of rotatable bonds is 4. The van der Waals surface area contributed by atoms with Crippen molar-refractivity contribution in [3.8, 4) is 11.5 Å². The molecule has 2 aliphatic rings. The van der Waals surface area contributed by atoms with Crippen molar-refractivity contribution < 1.29 is 10.2 Å². The van der Waals surface area contributed by atoms with Crippen LogP contribution in [0.4, 0.5) is 0 Å². The SMILES string of the molecule is Oc1cc(O)c2c3c1C(=Cc1ccccc1)c1ccccc1C(c1ccccc1)C3C(c1ccccc1)C2c1ccccc1. The maximum atomic E-state index is 11.9. The summed E-state index contributed by atoms with van der Waals surface area (Å²) < 4.78 is 0. The van der Waals surface area contributed by atoms with Crippen LogP contribution in [0.5, 0.6) is 11.5 Å². The van der Waals surface area contributed by atoms with Crippen LogP contribution in [0.25, 0.3) is 11.6 Å². The van der Waals surface area contributed by atoms with E-state index in [0.29, 0.717) is 0 Å². The maximum Gasteiger partial charge on any atom is 0.127 e. The Labute approximate surface area is 258 Å². The van der Waals surface area contributed by atoms with Gasteiger partial charge in [0.15, 0.2) is 0 Å². The molecular weight excluding hydrogens is 536 g/mol. The average molecular weight is 569 g/mol. The molecule has 212 valence electrons. The molecule has 0 spiro atoms. The number of aromatic hydroxyl groups is 2. The summed E-state index contributed by atoms with van der Waals surface area (Å²) >= 11 is 0. The molecule has 4 unspecified atom stereocenters. The average Bonchev–Trinajstić information content (AvgIpc) is 3.36. The third kappa shape index (κ3) is 4.18. The predicted octanol–water partition coefficient (Wildman–Crippen LogP) is 9.85. The number of phenolic OH excluding ortho intramolecular Hbond substituents is 2. The van der Waals surface area contributed by atoms with Gasteiger partial charge in [-0.15, -0.1) is 0 Å². The lowest BCUT2D eigenvalue weighted by Gasteiger charge is -2.33. The van der Waals surface area contributed by atoms with E-state index in [1.165, 1.54) is 16.7 Å². The van der Waals surface area contributed by atoms with E-state index in [1.807, 2.05) is 24.3 Å². The van der Waals surface area contributed by atoms with Gasteiger partial charge < -0.3 is 10.2 Å². The molecule has 0 heterocycles. The highest BCUT2D eigenvalue weighted by atomic mass is 16.3. The highest BCUT2D eigenvalue weighted by Gasteiger charge is 2.51. The zero-order valence-electron chi connectivity index (χ0n) is 24.2. The minimum absolute atomic E-state index is 0.00869. The van der Waals surface area contributed by atoms with Crippen molar-refractivity contribution in [2.75, 3.05) is 0 Å². The fraction of sp³-hybridized carbons (Fsp3) is 0.0952. The van der Waals surface area contributed by atoms with Crippen LogP contribution in [0.1, 0.15) is 73.7 Å². The Hall–Kier alpha value is -5.34. The van der Waals surface area contributed by atoms with Crippen LogP contribution in [0.15, 0.2) is 152 Å². The van der Waals surface area contributed by atoms with Crippen LogP contribution in [0.3, 0.4) is 0 Å². The first-order valence-electron chi connectivity index (χ1n) is 15.3. The lowest BCUT2D eigenvalue weighted by atomic mass is 9.69. The number of hydrogen-bond acceptors (Lipinski definition) is 2. The lowest BCUT2D eigenvalue weighted by molar-refractivity contribution is 0.443. The van der Waals surface area contributed by atoms with Crippen molar-refractivity contribution in [1.82, 2.24) is 0 Å². The minimum Gasteiger partial charge on any atom is -0.507 e. The molecule has 0 bridgehead atoms. The van der Waals surface area contributed by atoms with E-state index in [-0.39, 0.29) is 35.2 Å². The van der Waals surface area contributed by atoms with Crippen LogP contribution >= 0.6 is 0 Å². The molecule has 0 aliphatic heterocycles. The van der Waals surface area contributed by atoms with Crippen LogP contribution in [0.2, 0.25) is 0 Å². The van der Waals surface area contributed by atoms with Gasteiger partial charge in [-0.2, -0.15) is 0 Å². The van der Waals surface area contributed by atoms with Crippen molar-refractivity contribution in [3.05, 3.63) is 202 Å². The van der Waals surface area contributed by atoms with Crippen LogP contribution in [-0.4, -0.2) is 10.2 Å². The summed E-state index contributed by atoms with van der Waals surface area (Å²) in [5, 5.41) is 23.7. The summed E-state index contributed by atoms with van der Waals surface area (Å²) in [7, 11) is 0. The van der Waals surface area contributed by atoms with Crippen molar-refractivity contribution in [2.45, 2.75) is 23.7 Å². The standard InChI is InChI=1S/C42H32O2/c43-34-26-35(44)40-37(29-19-9-3-10-20-29)38(30-21-11-4-12-22-30)41-36(28-17-7-2-8-18-28)32-24-14-13-23-31(32)33(39(34)42(40)41)25-27-15-5-1-6-16-27/h1-26,36-38,41,43-44H. The summed E-state index contributed by atoms with van der Waals surface area (Å²) in [6.07, 6.45) is 2.20. The van der Waals surface area contributed by atoms with Crippen molar-refractivity contribution in [1.29, 1.82) is 0 Å². The molecule has 6 aromatic carbocycles. The molecule has 8 rings (SSSR count). The molecule has 0 radical (unpaired) electrons. The van der Waals surface area contributed by atoms with Crippen LogP contribution in [0, 0.1) is 0 Å². The second-order valence-electron chi connectivity index (χ2n) is 11.9. The van der Waals surface area contributed by atoms with Crippen molar-refractivity contribution in [2.24, 2.45) is 0 Å². The molecule has 2 heteroatoms. The zero-order chi connectivity index (χ0) is 29.6. The smallest absolute Gasteiger partial charge is 0.127 e. The maximum absolute atomic E-state index is 11.9. The summed E-state index contributed by atoms with van der Waals surface area (Å²) in [5.41, 5.74) is 10.7. The summed E-state index contributed by atoms with van der Waals surface area (Å²) in [6, 6.07) is 52.6. The normalized spacial score (nSPS) is 21.0. The van der Waals surface area contributed by atoms with E-state index in [2.05, 4.69) is 127 Å². The van der Waals surface area contributed by atoms with Gasteiger partial charge in [0.05, 0.1) is 0 Å². The number of hydrogen-bond donors (Lipinski definition) is 2. The first-order valence-corrected chi connectivity index (χ1v) is 15.3. The number of phenols is 2. The molecule has 0 fully saturated rings. The Balaban J connectivity index is 1.55. The van der Waals surface area contributed by atoms with E-state index in [1.54, 1.807) is 6.07 Å². The van der Waals surface area contributed by atoms with E-state index in [0.717, 1.165) is 39.0 Å². The molecule has 4 atom stereocenters. The third-order valence-corrected chi connectivity index (χ3v) is 9.58. The zero-order valence-corrected chi connectivity index (χ0v) is 24.2. The molecule has 2 aliphatic carbocycles. The molecule has 0 aromatic heterocycles. The fourth-order valence-corrected chi connectivity index (χ4v) is 7.95. The van der Waals surface area contributed by atoms with Gasteiger partial charge >= 0.3 is 0 Å². The van der Waals surface area contributed by atoms with E-state index in [4.69, 9.17) is 0 Å². The molecule has 0 amide bonds. The van der Waals surface area contributed by atoms with Gasteiger partial charge in [-0.1, -0.05) is 146 Å². The van der Waals surface area contributed by atoms with E-state index in [9.17, 15) is 10.2 Å². The quantitative estimate of drug-likeness (QED) is 0.222. The Bertz CT molecular complexity index is 1980. The number of fused-ring (bicyclic) bond motifs is 1. The third-order valence-electron chi connectivity index (χ3n) is 9.58.